The molecule has 0 amide bonds. The number of hydrogen-bond acceptors (Lipinski definition) is 3. The molecule has 3 nitrogen and oxygen atoms in total. The fourth-order valence-electron chi connectivity index (χ4n) is 2.54. The number of nitrogens with one attached hydrogen (secondary N) is 1. The van der Waals surface area contributed by atoms with Crippen LogP contribution in [0.5, 0.6) is 0 Å². The van der Waals surface area contributed by atoms with Crippen molar-refractivity contribution in [3.63, 3.8) is 0 Å². The van der Waals surface area contributed by atoms with E-state index in [1.807, 2.05) is 0 Å². The van der Waals surface area contributed by atoms with E-state index < -0.39 is 0 Å². The number of rotatable bonds is 4. The van der Waals surface area contributed by atoms with Crippen LogP contribution in [-0.4, -0.2) is 23.5 Å². The summed E-state index contributed by atoms with van der Waals surface area (Å²) in [5.74, 6) is 2.17. The Morgan fingerprint density at radius 2 is 1.89 bits per heavy atom. The second-order valence-corrected chi connectivity index (χ2v) is 6.73. The van der Waals surface area contributed by atoms with Gasteiger partial charge in [-0.2, -0.15) is 0 Å². The third kappa shape index (κ3) is 4.66. The zero-order chi connectivity index (χ0) is 13.9. The van der Waals surface area contributed by atoms with E-state index in [9.17, 15) is 0 Å². The number of aryl methyl sites for hydroxylation is 1. The third-order valence-corrected chi connectivity index (χ3v) is 3.71. The lowest BCUT2D eigenvalue weighted by atomic mass is 10.1. The molecule has 0 atom stereocenters. The minimum atomic E-state index is 0.150. The molecule has 1 saturated heterocycles. The van der Waals surface area contributed by atoms with Gasteiger partial charge < -0.3 is 9.73 Å². The van der Waals surface area contributed by atoms with Gasteiger partial charge in [-0.3, -0.25) is 4.90 Å². The fourth-order valence-corrected chi connectivity index (χ4v) is 2.54. The first-order valence-electron chi connectivity index (χ1n) is 7.49. The highest BCUT2D eigenvalue weighted by atomic mass is 16.3. The summed E-state index contributed by atoms with van der Waals surface area (Å²) in [5, 5.41) is 3.52. The lowest BCUT2D eigenvalue weighted by Crippen LogP contribution is -2.35. The van der Waals surface area contributed by atoms with Crippen LogP contribution in [0, 0.1) is 6.92 Å². The molecule has 1 aromatic rings. The van der Waals surface area contributed by atoms with Gasteiger partial charge in [-0.1, -0.05) is 6.42 Å². The summed E-state index contributed by atoms with van der Waals surface area (Å²) in [6, 6.07) is 2.22. The molecule has 0 radical (unpaired) electrons. The minimum Gasteiger partial charge on any atom is -0.465 e. The van der Waals surface area contributed by atoms with Crippen molar-refractivity contribution in [3.05, 3.63) is 23.2 Å². The van der Waals surface area contributed by atoms with Gasteiger partial charge in [0, 0.05) is 17.6 Å². The van der Waals surface area contributed by atoms with E-state index in [1.165, 1.54) is 37.9 Å². The molecule has 108 valence electrons. The molecular formula is C16H28N2O. The van der Waals surface area contributed by atoms with E-state index >= 15 is 0 Å². The zero-order valence-corrected chi connectivity index (χ0v) is 12.9. The maximum atomic E-state index is 5.90. The molecule has 1 aliphatic heterocycles. The predicted octanol–water partition coefficient (Wildman–Crippen LogP) is 3.46. The Labute approximate surface area is 117 Å². The van der Waals surface area contributed by atoms with Crippen LogP contribution in [-0.2, 0) is 13.1 Å². The van der Waals surface area contributed by atoms with Crippen LogP contribution in [0.4, 0.5) is 0 Å². The topological polar surface area (TPSA) is 28.4 Å². The van der Waals surface area contributed by atoms with Gasteiger partial charge in [0.25, 0.3) is 0 Å². The van der Waals surface area contributed by atoms with Gasteiger partial charge in [-0.05, 0) is 59.7 Å². The smallest absolute Gasteiger partial charge is 0.118 e. The Morgan fingerprint density at radius 3 is 2.53 bits per heavy atom. The summed E-state index contributed by atoms with van der Waals surface area (Å²) in [6.07, 6.45) is 4.05. The van der Waals surface area contributed by atoms with Gasteiger partial charge in [-0.15, -0.1) is 0 Å². The normalized spacial score (nSPS) is 17.9. The number of nitrogens with zero attached hydrogens (tertiary/aromatic N) is 1. The molecule has 3 heteroatoms. The third-order valence-electron chi connectivity index (χ3n) is 3.71. The van der Waals surface area contributed by atoms with Crippen LogP contribution in [0.3, 0.4) is 0 Å². The van der Waals surface area contributed by atoms with Gasteiger partial charge in [0.05, 0.1) is 6.54 Å². The van der Waals surface area contributed by atoms with Crippen molar-refractivity contribution in [1.82, 2.24) is 10.2 Å². The van der Waals surface area contributed by atoms with Gasteiger partial charge in [-0.25, -0.2) is 0 Å². The van der Waals surface area contributed by atoms with Crippen molar-refractivity contribution in [3.8, 4) is 0 Å². The Hall–Kier alpha value is -0.800. The molecule has 0 saturated carbocycles. The Balaban J connectivity index is 1.92. The van der Waals surface area contributed by atoms with Crippen molar-refractivity contribution in [2.45, 2.75) is 65.6 Å². The minimum absolute atomic E-state index is 0.150. The monoisotopic (exact) mass is 264 g/mol. The van der Waals surface area contributed by atoms with E-state index in [1.54, 1.807) is 0 Å². The molecule has 0 unspecified atom stereocenters. The number of hydrogen-bond donors (Lipinski definition) is 1. The fraction of sp³-hybridized carbons (Fsp3) is 0.750. The second kappa shape index (κ2) is 6.10. The first-order valence-corrected chi connectivity index (χ1v) is 7.49. The molecule has 0 spiro atoms. The number of piperidine rings is 1. The van der Waals surface area contributed by atoms with E-state index in [0.29, 0.717) is 0 Å². The van der Waals surface area contributed by atoms with Gasteiger partial charge in [0.2, 0.25) is 0 Å². The van der Waals surface area contributed by atoms with Gasteiger partial charge in [0.15, 0.2) is 0 Å². The lowest BCUT2D eigenvalue weighted by molar-refractivity contribution is 0.204. The molecule has 0 aliphatic carbocycles. The average molecular weight is 264 g/mol. The van der Waals surface area contributed by atoms with Crippen LogP contribution in [0.1, 0.15) is 57.1 Å². The van der Waals surface area contributed by atoms with Crippen molar-refractivity contribution in [2.75, 3.05) is 13.1 Å². The largest absolute Gasteiger partial charge is 0.465 e. The standard InChI is InChI=1S/C16H28N2O/c1-13-14(11-17-16(2,3)4)10-15(19-13)12-18-8-6-5-7-9-18/h10,17H,5-9,11-12H2,1-4H3. The summed E-state index contributed by atoms with van der Waals surface area (Å²) in [5.41, 5.74) is 1.44. The number of likely N-dealkylation sites (tertiary alicyclic amines) is 1. The molecule has 1 N–H and O–H groups in total. The molecular weight excluding hydrogens is 236 g/mol. The van der Waals surface area contributed by atoms with E-state index in [-0.39, 0.29) is 5.54 Å². The Morgan fingerprint density at radius 1 is 1.21 bits per heavy atom. The lowest BCUT2D eigenvalue weighted by Gasteiger charge is -2.25. The summed E-state index contributed by atoms with van der Waals surface area (Å²) in [7, 11) is 0. The van der Waals surface area contributed by atoms with Crippen LogP contribution < -0.4 is 5.32 Å². The Kier molecular flexibility index (Phi) is 4.69. The van der Waals surface area contributed by atoms with Crippen LogP contribution in [0.25, 0.3) is 0 Å². The van der Waals surface area contributed by atoms with Crippen LogP contribution in [0.15, 0.2) is 10.5 Å². The summed E-state index contributed by atoms with van der Waals surface area (Å²) in [4.78, 5) is 2.50. The molecule has 1 fully saturated rings. The zero-order valence-electron chi connectivity index (χ0n) is 12.9. The second-order valence-electron chi connectivity index (χ2n) is 6.73. The maximum absolute atomic E-state index is 5.90. The number of furan rings is 1. The van der Waals surface area contributed by atoms with Crippen molar-refractivity contribution in [2.24, 2.45) is 0 Å². The first kappa shape index (κ1) is 14.6. The van der Waals surface area contributed by atoms with Gasteiger partial charge >= 0.3 is 0 Å². The van der Waals surface area contributed by atoms with Crippen LogP contribution in [0.2, 0.25) is 0 Å². The van der Waals surface area contributed by atoms with Crippen molar-refractivity contribution >= 4 is 0 Å². The quantitative estimate of drug-likeness (QED) is 0.902. The summed E-state index contributed by atoms with van der Waals surface area (Å²) < 4.78 is 5.90. The molecule has 0 bridgehead atoms. The predicted molar refractivity (Wildman–Crippen MR) is 79.2 cm³/mol. The average Bonchev–Trinajstić information content (AvgIpc) is 2.67. The molecule has 0 aromatic carbocycles. The highest BCUT2D eigenvalue weighted by molar-refractivity contribution is 5.21. The Bertz CT molecular complexity index is 397. The summed E-state index contributed by atoms with van der Waals surface area (Å²) in [6.45, 7) is 12.9. The van der Waals surface area contributed by atoms with E-state index in [2.05, 4.69) is 44.0 Å². The highest BCUT2D eigenvalue weighted by Crippen LogP contribution is 2.19. The van der Waals surface area contributed by atoms with Gasteiger partial charge in [0.1, 0.15) is 11.5 Å². The first-order chi connectivity index (χ1) is 8.94. The molecule has 2 rings (SSSR count). The van der Waals surface area contributed by atoms with Crippen molar-refractivity contribution < 1.29 is 4.42 Å². The highest BCUT2D eigenvalue weighted by Gasteiger charge is 2.15. The molecule has 2 heterocycles. The summed E-state index contributed by atoms with van der Waals surface area (Å²) >= 11 is 0. The van der Waals surface area contributed by atoms with E-state index in [4.69, 9.17) is 4.42 Å². The SMILES string of the molecule is Cc1oc(CN2CCCCC2)cc1CNC(C)(C)C. The molecule has 19 heavy (non-hydrogen) atoms. The molecule has 1 aromatic heterocycles. The van der Waals surface area contributed by atoms with E-state index in [0.717, 1.165) is 24.6 Å². The maximum Gasteiger partial charge on any atom is 0.118 e. The van der Waals surface area contributed by atoms with Crippen LogP contribution >= 0.6 is 0 Å². The molecule has 1 aliphatic rings. The van der Waals surface area contributed by atoms with Crippen molar-refractivity contribution in [1.29, 1.82) is 0 Å².